The third kappa shape index (κ3) is 2.71. The van der Waals surface area contributed by atoms with Gasteiger partial charge in [0.1, 0.15) is 0 Å². The molecule has 6 heteroatoms. The first kappa shape index (κ1) is 14.2. The molecule has 2 aliphatic heterocycles. The number of aliphatic hydroxyl groups is 1. The average Bonchev–Trinajstić information content (AvgIpc) is 2.33. The van der Waals surface area contributed by atoms with Crippen molar-refractivity contribution in [2.75, 3.05) is 19.6 Å². The van der Waals surface area contributed by atoms with E-state index < -0.39 is 10.2 Å². The Balaban J connectivity index is 2.10. The largest absolute Gasteiger partial charge is 0.393 e. The fourth-order valence-electron chi connectivity index (χ4n) is 2.87. The molecule has 0 aromatic rings. The predicted molar refractivity (Wildman–Crippen MR) is 70.3 cm³/mol. The Morgan fingerprint density at radius 1 is 1.11 bits per heavy atom. The normalized spacial score (nSPS) is 36.7. The fraction of sp³-hybridized carbons (Fsp3) is 1.00. The number of piperidine rings is 2. The van der Waals surface area contributed by atoms with E-state index in [1.54, 1.807) is 8.61 Å². The lowest BCUT2D eigenvalue weighted by atomic mass is 9.99. The average molecular weight is 276 g/mol. The molecule has 2 fully saturated rings. The molecular formula is C12H24N2O3S. The Kier molecular flexibility index (Phi) is 4.31. The van der Waals surface area contributed by atoms with Gasteiger partial charge in [-0.2, -0.15) is 17.0 Å². The van der Waals surface area contributed by atoms with Crippen molar-refractivity contribution in [1.82, 2.24) is 8.61 Å². The van der Waals surface area contributed by atoms with Crippen molar-refractivity contribution in [3.63, 3.8) is 0 Å². The molecule has 0 bridgehead atoms. The highest BCUT2D eigenvalue weighted by Crippen LogP contribution is 2.26. The topological polar surface area (TPSA) is 60.9 Å². The summed E-state index contributed by atoms with van der Waals surface area (Å²) in [4.78, 5) is 0. The van der Waals surface area contributed by atoms with E-state index >= 15 is 0 Å². The quantitative estimate of drug-likeness (QED) is 0.812. The van der Waals surface area contributed by atoms with Gasteiger partial charge in [-0.15, -0.1) is 0 Å². The maximum Gasteiger partial charge on any atom is 0.282 e. The monoisotopic (exact) mass is 276 g/mol. The molecule has 0 spiro atoms. The van der Waals surface area contributed by atoms with Crippen LogP contribution < -0.4 is 0 Å². The Hall–Kier alpha value is -0.170. The van der Waals surface area contributed by atoms with Gasteiger partial charge in [0.2, 0.25) is 0 Å². The summed E-state index contributed by atoms with van der Waals surface area (Å²) >= 11 is 0. The molecule has 0 saturated carbocycles. The van der Waals surface area contributed by atoms with Gasteiger partial charge in [-0.3, -0.25) is 0 Å². The number of aliphatic hydroxyl groups excluding tert-OH is 1. The molecule has 0 radical (unpaired) electrons. The lowest BCUT2D eigenvalue weighted by Crippen LogP contribution is -2.53. The lowest BCUT2D eigenvalue weighted by Gasteiger charge is -2.40. The summed E-state index contributed by atoms with van der Waals surface area (Å²) in [6.07, 6.45) is 3.20. The molecule has 2 saturated heterocycles. The molecule has 0 amide bonds. The molecule has 0 aromatic carbocycles. The molecule has 1 N–H and O–H groups in total. The first-order chi connectivity index (χ1) is 8.43. The number of rotatable bonds is 2. The van der Waals surface area contributed by atoms with E-state index in [9.17, 15) is 13.5 Å². The summed E-state index contributed by atoms with van der Waals surface area (Å²) in [6, 6.07) is 0.103. The van der Waals surface area contributed by atoms with Crippen LogP contribution in [0.15, 0.2) is 0 Å². The minimum absolute atomic E-state index is 0.0219. The molecule has 106 valence electrons. The van der Waals surface area contributed by atoms with Crippen LogP contribution in [0, 0.1) is 5.92 Å². The SMILES string of the molecule is CC1CN(S(=O)(=O)N2CCCCC2C)CCC1O. The van der Waals surface area contributed by atoms with Crippen LogP contribution in [0.25, 0.3) is 0 Å². The van der Waals surface area contributed by atoms with Gasteiger partial charge in [0.15, 0.2) is 0 Å². The fourth-order valence-corrected chi connectivity index (χ4v) is 4.84. The first-order valence-electron chi connectivity index (χ1n) is 6.88. The summed E-state index contributed by atoms with van der Waals surface area (Å²) in [5.41, 5.74) is 0. The van der Waals surface area contributed by atoms with Crippen molar-refractivity contribution in [2.24, 2.45) is 5.92 Å². The molecule has 2 rings (SSSR count). The Morgan fingerprint density at radius 3 is 2.44 bits per heavy atom. The van der Waals surface area contributed by atoms with Crippen molar-refractivity contribution < 1.29 is 13.5 Å². The summed E-state index contributed by atoms with van der Waals surface area (Å²) in [5.74, 6) is 0.0219. The Labute approximate surface area is 110 Å². The minimum Gasteiger partial charge on any atom is -0.393 e. The highest BCUT2D eigenvalue weighted by atomic mass is 32.2. The van der Waals surface area contributed by atoms with E-state index in [0.717, 1.165) is 19.3 Å². The maximum atomic E-state index is 12.6. The second kappa shape index (κ2) is 5.45. The molecule has 2 heterocycles. The minimum atomic E-state index is -3.34. The lowest BCUT2D eigenvalue weighted by molar-refractivity contribution is 0.0597. The number of hydrogen-bond acceptors (Lipinski definition) is 3. The van der Waals surface area contributed by atoms with Crippen molar-refractivity contribution in [2.45, 2.75) is 51.7 Å². The second-order valence-corrected chi connectivity index (χ2v) is 7.54. The summed E-state index contributed by atoms with van der Waals surface area (Å²) in [6.45, 7) is 5.41. The van der Waals surface area contributed by atoms with Gasteiger partial charge in [0.25, 0.3) is 10.2 Å². The highest BCUT2D eigenvalue weighted by Gasteiger charge is 2.38. The van der Waals surface area contributed by atoms with Crippen LogP contribution in [0.3, 0.4) is 0 Å². The summed E-state index contributed by atoms with van der Waals surface area (Å²) < 4.78 is 28.3. The van der Waals surface area contributed by atoms with E-state index in [-0.39, 0.29) is 18.1 Å². The highest BCUT2D eigenvalue weighted by molar-refractivity contribution is 7.86. The standard InChI is InChI=1S/C12H24N2O3S/c1-10-9-13(8-6-12(10)15)18(16,17)14-7-4-3-5-11(14)2/h10-12,15H,3-9H2,1-2H3. The molecule has 18 heavy (non-hydrogen) atoms. The molecular weight excluding hydrogens is 252 g/mol. The summed E-state index contributed by atoms with van der Waals surface area (Å²) in [5, 5.41) is 9.69. The third-order valence-corrected chi connectivity index (χ3v) is 6.31. The summed E-state index contributed by atoms with van der Waals surface area (Å²) in [7, 11) is -3.34. The van der Waals surface area contributed by atoms with Crippen molar-refractivity contribution in [3.05, 3.63) is 0 Å². The Morgan fingerprint density at radius 2 is 1.83 bits per heavy atom. The van der Waals surface area contributed by atoms with Crippen LogP contribution in [-0.2, 0) is 10.2 Å². The zero-order valence-electron chi connectivity index (χ0n) is 11.2. The van der Waals surface area contributed by atoms with Crippen LogP contribution >= 0.6 is 0 Å². The van der Waals surface area contributed by atoms with Crippen molar-refractivity contribution in [1.29, 1.82) is 0 Å². The number of hydrogen-bond donors (Lipinski definition) is 1. The van der Waals surface area contributed by atoms with Crippen LogP contribution in [0.4, 0.5) is 0 Å². The smallest absolute Gasteiger partial charge is 0.282 e. The zero-order chi connectivity index (χ0) is 13.3. The number of nitrogens with zero attached hydrogens (tertiary/aromatic N) is 2. The van der Waals surface area contributed by atoms with E-state index in [0.29, 0.717) is 26.1 Å². The predicted octanol–water partition coefficient (Wildman–Crippen LogP) is 0.808. The van der Waals surface area contributed by atoms with Gasteiger partial charge in [-0.25, -0.2) is 0 Å². The third-order valence-electron chi connectivity index (χ3n) is 4.19. The van der Waals surface area contributed by atoms with Gasteiger partial charge in [0.05, 0.1) is 6.10 Å². The van der Waals surface area contributed by atoms with Crippen LogP contribution in [0.2, 0.25) is 0 Å². The molecule has 5 nitrogen and oxygen atoms in total. The molecule has 3 atom stereocenters. The molecule has 2 aliphatic rings. The second-order valence-electron chi connectivity index (χ2n) is 5.65. The molecule has 0 aromatic heterocycles. The van der Waals surface area contributed by atoms with E-state index in [1.165, 1.54) is 0 Å². The van der Waals surface area contributed by atoms with Crippen molar-refractivity contribution in [3.8, 4) is 0 Å². The van der Waals surface area contributed by atoms with Crippen LogP contribution in [0.5, 0.6) is 0 Å². The van der Waals surface area contributed by atoms with E-state index in [1.807, 2.05) is 13.8 Å². The van der Waals surface area contributed by atoms with Gasteiger partial charge >= 0.3 is 0 Å². The molecule has 0 aliphatic carbocycles. The van der Waals surface area contributed by atoms with E-state index in [4.69, 9.17) is 0 Å². The zero-order valence-corrected chi connectivity index (χ0v) is 12.1. The van der Waals surface area contributed by atoms with Crippen LogP contribution in [-0.4, -0.2) is 53.9 Å². The van der Waals surface area contributed by atoms with Gasteiger partial charge < -0.3 is 5.11 Å². The molecule has 3 unspecified atom stereocenters. The van der Waals surface area contributed by atoms with E-state index in [2.05, 4.69) is 0 Å². The van der Waals surface area contributed by atoms with Gasteiger partial charge in [-0.05, 0) is 32.1 Å². The van der Waals surface area contributed by atoms with Crippen LogP contribution in [0.1, 0.15) is 39.5 Å². The van der Waals surface area contributed by atoms with Crippen molar-refractivity contribution >= 4 is 10.2 Å². The van der Waals surface area contributed by atoms with Gasteiger partial charge in [-0.1, -0.05) is 13.3 Å². The Bertz CT molecular complexity index is 385. The van der Waals surface area contributed by atoms with Gasteiger partial charge in [0, 0.05) is 25.7 Å². The first-order valence-corrected chi connectivity index (χ1v) is 8.27. The maximum absolute atomic E-state index is 12.6.